The van der Waals surface area contributed by atoms with Crippen LogP contribution in [0.4, 0.5) is 0 Å². The van der Waals surface area contributed by atoms with Crippen LogP contribution < -0.4 is 5.56 Å². The Bertz CT molecular complexity index is 689. The van der Waals surface area contributed by atoms with Crippen molar-refractivity contribution < 1.29 is 4.79 Å². The second kappa shape index (κ2) is 6.62. The summed E-state index contributed by atoms with van der Waals surface area (Å²) in [7, 11) is 0. The van der Waals surface area contributed by atoms with Gasteiger partial charge < -0.3 is 4.98 Å². The number of carbonyl (C=O) groups excluding carboxylic acids is 1. The Labute approximate surface area is 124 Å². The lowest BCUT2D eigenvalue weighted by Crippen LogP contribution is -2.10. The van der Waals surface area contributed by atoms with E-state index in [9.17, 15) is 9.59 Å². The number of aldehydes is 1. The monoisotopic (exact) mass is 310 g/mol. The fourth-order valence-electron chi connectivity index (χ4n) is 1.55. The molecule has 0 radical (unpaired) electrons. The van der Waals surface area contributed by atoms with E-state index in [4.69, 9.17) is 11.6 Å². The molecule has 1 N–H and O–H groups in total. The third-order valence-electron chi connectivity index (χ3n) is 2.39. The Morgan fingerprint density at radius 2 is 2.25 bits per heavy atom. The SMILES string of the molecule is CCCc1cc(=O)[nH]c(Sc2ncnc(Cl)c2C=O)n1. The maximum Gasteiger partial charge on any atom is 0.251 e. The molecule has 0 saturated carbocycles. The van der Waals surface area contributed by atoms with Crippen molar-refractivity contribution in [1.82, 2.24) is 19.9 Å². The van der Waals surface area contributed by atoms with Crippen molar-refractivity contribution in [3.05, 3.63) is 39.2 Å². The predicted molar refractivity (Wildman–Crippen MR) is 75.4 cm³/mol. The van der Waals surface area contributed by atoms with E-state index < -0.39 is 0 Å². The van der Waals surface area contributed by atoms with Gasteiger partial charge in [0.2, 0.25) is 0 Å². The van der Waals surface area contributed by atoms with E-state index in [0.29, 0.717) is 28.6 Å². The first-order valence-corrected chi connectivity index (χ1v) is 7.07. The number of carbonyl (C=O) groups is 1. The number of halogens is 1. The maximum absolute atomic E-state index is 11.6. The van der Waals surface area contributed by atoms with Crippen LogP contribution in [0.3, 0.4) is 0 Å². The smallest absolute Gasteiger partial charge is 0.251 e. The predicted octanol–water partition coefficient (Wildman–Crippen LogP) is 2.13. The first-order valence-electron chi connectivity index (χ1n) is 5.87. The van der Waals surface area contributed by atoms with Gasteiger partial charge in [0.05, 0.1) is 5.56 Å². The van der Waals surface area contributed by atoms with Crippen LogP contribution in [0.5, 0.6) is 0 Å². The topological polar surface area (TPSA) is 88.6 Å². The van der Waals surface area contributed by atoms with Crippen LogP contribution in [0.1, 0.15) is 29.4 Å². The molecule has 0 aromatic carbocycles. The van der Waals surface area contributed by atoms with Crippen LogP contribution >= 0.6 is 23.4 Å². The van der Waals surface area contributed by atoms with Gasteiger partial charge in [-0.15, -0.1) is 0 Å². The Balaban J connectivity index is 2.37. The van der Waals surface area contributed by atoms with E-state index in [0.717, 1.165) is 18.2 Å². The molecule has 6 nitrogen and oxygen atoms in total. The molecule has 0 atom stereocenters. The highest BCUT2D eigenvalue weighted by Gasteiger charge is 2.12. The Kier molecular flexibility index (Phi) is 4.86. The summed E-state index contributed by atoms with van der Waals surface area (Å²) < 4.78 is 0. The number of hydrogen-bond acceptors (Lipinski definition) is 6. The van der Waals surface area contributed by atoms with Gasteiger partial charge in [-0.3, -0.25) is 9.59 Å². The molecule has 20 heavy (non-hydrogen) atoms. The van der Waals surface area contributed by atoms with Crippen LogP contribution in [-0.2, 0) is 6.42 Å². The van der Waals surface area contributed by atoms with E-state index in [1.807, 2.05) is 6.92 Å². The van der Waals surface area contributed by atoms with Gasteiger partial charge in [0, 0.05) is 11.8 Å². The second-order valence-electron chi connectivity index (χ2n) is 3.90. The summed E-state index contributed by atoms with van der Waals surface area (Å²) in [5, 5.41) is 0.806. The lowest BCUT2D eigenvalue weighted by atomic mass is 10.2. The van der Waals surface area contributed by atoms with Gasteiger partial charge >= 0.3 is 0 Å². The Hall–Kier alpha value is -1.73. The van der Waals surface area contributed by atoms with Crippen LogP contribution in [0.15, 0.2) is 27.4 Å². The minimum atomic E-state index is -0.237. The molecule has 0 amide bonds. The van der Waals surface area contributed by atoms with Crippen LogP contribution in [0.2, 0.25) is 5.15 Å². The van der Waals surface area contributed by atoms with Crippen LogP contribution in [-0.4, -0.2) is 26.2 Å². The first-order chi connectivity index (χ1) is 9.63. The summed E-state index contributed by atoms with van der Waals surface area (Å²) in [6, 6.07) is 1.46. The highest BCUT2D eigenvalue weighted by atomic mass is 35.5. The number of nitrogens with zero attached hydrogens (tertiary/aromatic N) is 3. The van der Waals surface area contributed by atoms with E-state index in [1.54, 1.807) is 0 Å². The number of aryl methyl sites for hydroxylation is 1. The second-order valence-corrected chi connectivity index (χ2v) is 5.23. The molecule has 2 aromatic rings. The Morgan fingerprint density at radius 1 is 1.45 bits per heavy atom. The molecular formula is C12H11ClN4O2S. The summed E-state index contributed by atoms with van der Waals surface area (Å²) in [5.41, 5.74) is 0.646. The van der Waals surface area contributed by atoms with Gasteiger partial charge in [-0.05, 0) is 18.2 Å². The average Bonchev–Trinajstić information content (AvgIpc) is 2.38. The number of nitrogens with one attached hydrogen (secondary N) is 1. The largest absolute Gasteiger partial charge is 0.301 e. The summed E-state index contributed by atoms with van der Waals surface area (Å²) in [4.78, 5) is 37.2. The van der Waals surface area contributed by atoms with Crippen molar-refractivity contribution in [3.63, 3.8) is 0 Å². The zero-order chi connectivity index (χ0) is 14.5. The molecular weight excluding hydrogens is 300 g/mol. The lowest BCUT2D eigenvalue weighted by molar-refractivity contribution is 0.112. The maximum atomic E-state index is 11.6. The first kappa shape index (κ1) is 14.7. The Morgan fingerprint density at radius 3 is 2.95 bits per heavy atom. The van der Waals surface area contributed by atoms with Gasteiger partial charge in [0.1, 0.15) is 16.5 Å². The number of aromatic nitrogens is 4. The molecule has 2 heterocycles. The molecule has 8 heteroatoms. The molecule has 0 aliphatic rings. The quantitative estimate of drug-likeness (QED) is 0.517. The molecule has 0 aliphatic carbocycles. The summed E-state index contributed by atoms with van der Waals surface area (Å²) in [6.45, 7) is 2.00. The molecule has 2 rings (SSSR count). The summed E-state index contributed by atoms with van der Waals surface area (Å²) >= 11 is 6.89. The third kappa shape index (κ3) is 3.43. The van der Waals surface area contributed by atoms with Gasteiger partial charge in [-0.2, -0.15) is 0 Å². The van der Waals surface area contributed by atoms with Crippen LogP contribution in [0, 0.1) is 0 Å². The molecule has 0 spiro atoms. The number of H-pyrrole nitrogens is 1. The molecule has 0 aliphatic heterocycles. The van der Waals surface area contributed by atoms with Gasteiger partial charge in [-0.25, -0.2) is 15.0 Å². The van der Waals surface area contributed by atoms with E-state index in [-0.39, 0.29) is 16.3 Å². The fraction of sp³-hybridized carbons (Fsp3) is 0.250. The molecule has 0 fully saturated rings. The van der Waals surface area contributed by atoms with Crippen molar-refractivity contribution in [1.29, 1.82) is 0 Å². The number of aromatic amines is 1. The number of hydrogen-bond donors (Lipinski definition) is 1. The highest BCUT2D eigenvalue weighted by Crippen LogP contribution is 2.27. The lowest BCUT2D eigenvalue weighted by Gasteiger charge is -2.05. The van der Waals surface area contributed by atoms with Gasteiger partial charge in [0.25, 0.3) is 5.56 Å². The zero-order valence-corrected chi connectivity index (χ0v) is 12.2. The molecule has 2 aromatic heterocycles. The average molecular weight is 311 g/mol. The molecule has 0 bridgehead atoms. The summed E-state index contributed by atoms with van der Waals surface area (Å²) in [5.74, 6) is 0. The standard InChI is InChI=1S/C12H11ClN4O2S/c1-2-3-7-4-9(19)17-12(16-7)20-11-8(5-18)10(13)14-6-15-11/h4-6H,2-3H2,1H3,(H,16,17,19). The summed E-state index contributed by atoms with van der Waals surface area (Å²) in [6.07, 6.45) is 3.44. The van der Waals surface area contributed by atoms with Crippen molar-refractivity contribution in [3.8, 4) is 0 Å². The normalized spacial score (nSPS) is 10.5. The van der Waals surface area contributed by atoms with Gasteiger partial charge in [0.15, 0.2) is 11.4 Å². The highest BCUT2D eigenvalue weighted by molar-refractivity contribution is 7.99. The minimum Gasteiger partial charge on any atom is -0.301 e. The zero-order valence-electron chi connectivity index (χ0n) is 10.6. The van der Waals surface area contributed by atoms with Crippen molar-refractivity contribution in [2.45, 2.75) is 29.9 Å². The molecule has 0 saturated heterocycles. The van der Waals surface area contributed by atoms with Crippen molar-refractivity contribution >= 4 is 29.6 Å². The molecule has 0 unspecified atom stereocenters. The van der Waals surface area contributed by atoms with E-state index in [2.05, 4.69) is 19.9 Å². The van der Waals surface area contributed by atoms with Crippen LogP contribution in [0.25, 0.3) is 0 Å². The van der Waals surface area contributed by atoms with E-state index >= 15 is 0 Å². The van der Waals surface area contributed by atoms with Gasteiger partial charge in [-0.1, -0.05) is 24.9 Å². The molecule has 104 valence electrons. The van der Waals surface area contributed by atoms with Crippen molar-refractivity contribution in [2.24, 2.45) is 0 Å². The van der Waals surface area contributed by atoms with Crippen molar-refractivity contribution in [2.75, 3.05) is 0 Å². The van der Waals surface area contributed by atoms with E-state index in [1.165, 1.54) is 12.4 Å². The fourth-order valence-corrected chi connectivity index (χ4v) is 2.63. The third-order valence-corrected chi connectivity index (χ3v) is 3.60. The number of rotatable bonds is 5. The minimum absolute atomic E-state index is 0.0737.